The molecular weight excluding hydrogens is 542 g/mol. The zero-order valence-corrected chi connectivity index (χ0v) is 23.9. The molecule has 3 aromatic rings. The quantitative estimate of drug-likeness (QED) is 0.152. The van der Waals surface area contributed by atoms with E-state index in [1.807, 2.05) is 41.1 Å². The summed E-state index contributed by atoms with van der Waals surface area (Å²) >= 11 is 0. The van der Waals surface area contributed by atoms with Gasteiger partial charge in [-0.3, -0.25) is 4.79 Å². The van der Waals surface area contributed by atoms with Crippen molar-refractivity contribution in [3.05, 3.63) is 83.4 Å². The second kappa shape index (κ2) is 14.5. The van der Waals surface area contributed by atoms with E-state index in [2.05, 4.69) is 5.32 Å². The van der Waals surface area contributed by atoms with Gasteiger partial charge in [0.2, 0.25) is 10.0 Å². The highest BCUT2D eigenvalue weighted by molar-refractivity contribution is 7.90. The lowest BCUT2D eigenvalue weighted by Crippen LogP contribution is -2.34. The molecule has 0 aromatic heterocycles. The van der Waals surface area contributed by atoms with Crippen LogP contribution in [0, 0.1) is 0 Å². The molecule has 0 heterocycles. The SMILES string of the molecule is Nc1ccc([C@@H](O)CNCCc2ccc(-c3ccc(C(=O)NS(=O)(=O)CCO)c(OC4CCCCC4)c3)cc2)cc1. The van der Waals surface area contributed by atoms with Crippen molar-refractivity contribution in [1.82, 2.24) is 10.0 Å². The number of benzene rings is 3. The van der Waals surface area contributed by atoms with Gasteiger partial charge in [0.25, 0.3) is 5.91 Å². The van der Waals surface area contributed by atoms with Crippen LogP contribution in [0.2, 0.25) is 0 Å². The number of amides is 1. The zero-order valence-electron chi connectivity index (χ0n) is 23.1. The number of hydrogen-bond acceptors (Lipinski definition) is 8. The summed E-state index contributed by atoms with van der Waals surface area (Å²) in [5.74, 6) is -0.986. The van der Waals surface area contributed by atoms with Crippen LogP contribution in [0.4, 0.5) is 5.69 Å². The van der Waals surface area contributed by atoms with E-state index in [1.54, 1.807) is 30.3 Å². The highest BCUT2D eigenvalue weighted by Crippen LogP contribution is 2.31. The first-order chi connectivity index (χ1) is 19.7. The summed E-state index contributed by atoms with van der Waals surface area (Å²) in [6.45, 7) is 0.561. The van der Waals surface area contributed by atoms with Gasteiger partial charge in [-0.05, 0) is 85.2 Å². The third-order valence-corrected chi connectivity index (χ3v) is 8.43. The Morgan fingerprint density at radius 3 is 2.34 bits per heavy atom. The van der Waals surface area contributed by atoms with Gasteiger partial charge in [-0.1, -0.05) is 48.9 Å². The minimum Gasteiger partial charge on any atom is -0.490 e. The van der Waals surface area contributed by atoms with Crippen molar-refractivity contribution in [2.24, 2.45) is 0 Å². The molecule has 10 heteroatoms. The number of nitrogens with two attached hydrogens (primary N) is 1. The number of carbonyl (C=O) groups excluding carboxylic acids is 1. The standard InChI is InChI=1S/C31H39N3O6S/c32-26-13-10-24(11-14-26)29(36)21-33-17-16-22-6-8-23(9-7-22)25-12-15-28(31(37)34-41(38,39)19-18-35)30(20-25)40-27-4-2-1-3-5-27/h6-15,20,27,29,33,35-36H,1-5,16-19,21,32H2,(H,34,37)/t29-/m0/s1. The van der Waals surface area contributed by atoms with Crippen LogP contribution in [0.25, 0.3) is 11.1 Å². The molecule has 0 radical (unpaired) electrons. The molecule has 0 aliphatic heterocycles. The minimum atomic E-state index is -3.96. The van der Waals surface area contributed by atoms with Crippen LogP contribution in [0.3, 0.4) is 0 Å². The smallest absolute Gasteiger partial charge is 0.268 e. The second-order valence-corrected chi connectivity index (χ2v) is 12.2. The summed E-state index contributed by atoms with van der Waals surface area (Å²) < 4.78 is 32.4. The third-order valence-electron chi connectivity index (χ3n) is 7.22. The van der Waals surface area contributed by atoms with Gasteiger partial charge in [-0.15, -0.1) is 0 Å². The van der Waals surface area contributed by atoms with Crippen LogP contribution in [-0.4, -0.2) is 56.1 Å². The summed E-state index contributed by atoms with van der Waals surface area (Å²) in [4.78, 5) is 12.9. The van der Waals surface area contributed by atoms with Crippen LogP contribution in [0.15, 0.2) is 66.7 Å². The molecule has 220 valence electrons. The molecule has 6 N–H and O–H groups in total. The lowest BCUT2D eigenvalue weighted by molar-refractivity contribution is 0.0969. The van der Waals surface area contributed by atoms with Crippen molar-refractivity contribution < 1.29 is 28.2 Å². The van der Waals surface area contributed by atoms with Crippen molar-refractivity contribution in [3.8, 4) is 16.9 Å². The molecule has 0 unspecified atom stereocenters. The summed E-state index contributed by atoms with van der Waals surface area (Å²) in [6.07, 6.45) is 5.16. The van der Waals surface area contributed by atoms with Crippen molar-refractivity contribution in [2.75, 3.05) is 31.2 Å². The second-order valence-electron chi connectivity index (χ2n) is 10.4. The molecule has 1 aliphatic carbocycles. The maximum atomic E-state index is 12.9. The van der Waals surface area contributed by atoms with Gasteiger partial charge in [0.15, 0.2) is 0 Å². The number of carbonyl (C=O) groups is 1. The normalized spacial score (nSPS) is 14.9. The molecule has 0 spiro atoms. The molecule has 0 bridgehead atoms. The summed E-state index contributed by atoms with van der Waals surface area (Å²) in [6, 6.07) is 20.4. The Kier molecular flexibility index (Phi) is 10.8. The Morgan fingerprint density at radius 2 is 1.66 bits per heavy atom. The molecule has 1 saturated carbocycles. The van der Waals surface area contributed by atoms with E-state index in [9.17, 15) is 18.3 Å². The number of aliphatic hydroxyl groups is 2. The average Bonchev–Trinajstić information content (AvgIpc) is 2.96. The monoisotopic (exact) mass is 581 g/mol. The topological polar surface area (TPSA) is 151 Å². The molecule has 1 fully saturated rings. The van der Waals surface area contributed by atoms with Crippen LogP contribution < -0.4 is 20.5 Å². The first-order valence-corrected chi connectivity index (χ1v) is 15.7. The largest absolute Gasteiger partial charge is 0.490 e. The Balaban J connectivity index is 1.41. The number of hydrogen-bond donors (Lipinski definition) is 5. The van der Waals surface area contributed by atoms with Crippen molar-refractivity contribution in [2.45, 2.75) is 50.7 Å². The molecule has 3 aromatic carbocycles. The average molecular weight is 582 g/mol. The zero-order chi connectivity index (χ0) is 29.2. The van der Waals surface area contributed by atoms with Gasteiger partial charge in [-0.2, -0.15) is 0 Å². The molecule has 4 rings (SSSR count). The molecule has 1 aliphatic rings. The fraction of sp³-hybridized carbons (Fsp3) is 0.387. The maximum Gasteiger partial charge on any atom is 0.268 e. The lowest BCUT2D eigenvalue weighted by Gasteiger charge is -2.24. The van der Waals surface area contributed by atoms with Crippen molar-refractivity contribution in [1.29, 1.82) is 0 Å². The summed E-state index contributed by atoms with van der Waals surface area (Å²) in [5, 5.41) is 22.6. The Hall–Kier alpha value is -3.44. The fourth-order valence-corrected chi connectivity index (χ4v) is 5.62. The van der Waals surface area contributed by atoms with Crippen LogP contribution in [-0.2, 0) is 16.4 Å². The first-order valence-electron chi connectivity index (χ1n) is 14.0. The van der Waals surface area contributed by atoms with E-state index >= 15 is 0 Å². The van der Waals surface area contributed by atoms with E-state index in [4.69, 9.17) is 15.6 Å². The molecule has 1 amide bonds. The highest BCUT2D eigenvalue weighted by Gasteiger charge is 2.23. The maximum absolute atomic E-state index is 12.9. The number of sulfonamides is 1. The highest BCUT2D eigenvalue weighted by atomic mass is 32.2. The predicted molar refractivity (Wildman–Crippen MR) is 160 cm³/mol. The van der Waals surface area contributed by atoms with E-state index < -0.39 is 34.4 Å². The van der Waals surface area contributed by atoms with E-state index in [0.717, 1.165) is 60.8 Å². The molecule has 41 heavy (non-hydrogen) atoms. The first kappa shape index (κ1) is 30.5. The molecular formula is C31H39N3O6S. The van der Waals surface area contributed by atoms with Gasteiger partial charge >= 0.3 is 0 Å². The van der Waals surface area contributed by atoms with E-state index in [0.29, 0.717) is 24.5 Å². The Labute approximate surface area is 241 Å². The number of nitrogen functional groups attached to an aromatic ring is 1. The van der Waals surface area contributed by atoms with Crippen molar-refractivity contribution in [3.63, 3.8) is 0 Å². The molecule has 1 atom stereocenters. The van der Waals surface area contributed by atoms with Gasteiger partial charge in [-0.25, -0.2) is 13.1 Å². The molecule has 0 saturated heterocycles. The van der Waals surface area contributed by atoms with Crippen molar-refractivity contribution >= 4 is 21.6 Å². The van der Waals surface area contributed by atoms with Crippen LogP contribution in [0.5, 0.6) is 5.75 Å². The number of ether oxygens (including phenoxy) is 1. The summed E-state index contributed by atoms with van der Waals surface area (Å²) in [5.41, 5.74) is 10.3. The van der Waals surface area contributed by atoms with E-state index in [-0.39, 0.29) is 11.7 Å². The Bertz CT molecular complexity index is 1390. The number of rotatable bonds is 13. The number of anilines is 1. The number of aliphatic hydroxyl groups excluding tert-OH is 2. The third kappa shape index (κ3) is 9.02. The van der Waals surface area contributed by atoms with Gasteiger partial charge in [0, 0.05) is 12.2 Å². The van der Waals surface area contributed by atoms with Crippen LogP contribution in [0.1, 0.15) is 59.7 Å². The molecule has 9 nitrogen and oxygen atoms in total. The van der Waals surface area contributed by atoms with Gasteiger partial charge < -0.3 is 26.0 Å². The number of nitrogens with one attached hydrogen (secondary N) is 2. The lowest BCUT2D eigenvalue weighted by atomic mass is 9.97. The van der Waals surface area contributed by atoms with E-state index in [1.165, 1.54) is 0 Å². The summed E-state index contributed by atoms with van der Waals surface area (Å²) in [7, 11) is -3.96. The fourth-order valence-electron chi connectivity index (χ4n) is 4.89. The minimum absolute atomic E-state index is 0.0342. The van der Waals surface area contributed by atoms with Gasteiger partial charge in [0.05, 0.1) is 30.1 Å². The van der Waals surface area contributed by atoms with Crippen LogP contribution >= 0.6 is 0 Å². The Morgan fingerprint density at radius 1 is 0.976 bits per heavy atom. The van der Waals surface area contributed by atoms with Gasteiger partial charge in [0.1, 0.15) is 5.75 Å². The predicted octanol–water partition coefficient (Wildman–Crippen LogP) is 3.56.